The summed E-state index contributed by atoms with van der Waals surface area (Å²) in [6.07, 6.45) is 1.64. The van der Waals surface area contributed by atoms with Crippen LogP contribution < -0.4 is 0 Å². The van der Waals surface area contributed by atoms with Crippen molar-refractivity contribution < 1.29 is 9.90 Å². The van der Waals surface area contributed by atoms with Gasteiger partial charge in [-0.3, -0.25) is 0 Å². The zero-order valence-electron chi connectivity index (χ0n) is 8.94. The first-order valence-electron chi connectivity index (χ1n) is 4.90. The van der Waals surface area contributed by atoms with E-state index in [2.05, 4.69) is 4.98 Å². The summed E-state index contributed by atoms with van der Waals surface area (Å²) in [6, 6.07) is 3.37. The lowest BCUT2D eigenvalue weighted by atomic mass is 10.2. The molecule has 1 aromatic heterocycles. The van der Waals surface area contributed by atoms with Crippen molar-refractivity contribution in [2.45, 2.75) is 19.9 Å². The van der Waals surface area contributed by atoms with Gasteiger partial charge in [-0.2, -0.15) is 0 Å². The van der Waals surface area contributed by atoms with E-state index in [0.717, 1.165) is 5.52 Å². The SMILES string of the molecule is CC(C)n1cnc2c(C(=O)O)cc(Cl)cc21. The Balaban J connectivity index is 2.81. The molecule has 2 aromatic rings. The van der Waals surface area contributed by atoms with Crippen LogP contribution in [-0.2, 0) is 0 Å². The van der Waals surface area contributed by atoms with E-state index in [1.165, 1.54) is 6.07 Å². The van der Waals surface area contributed by atoms with Crippen LogP contribution in [-0.4, -0.2) is 20.6 Å². The van der Waals surface area contributed by atoms with Crippen molar-refractivity contribution in [3.8, 4) is 0 Å². The molecule has 1 N–H and O–H groups in total. The predicted molar refractivity (Wildman–Crippen MR) is 62.1 cm³/mol. The first kappa shape index (κ1) is 11.0. The second kappa shape index (κ2) is 3.79. The highest BCUT2D eigenvalue weighted by Crippen LogP contribution is 2.25. The molecular formula is C11H11ClN2O2. The van der Waals surface area contributed by atoms with Crippen LogP contribution in [0, 0.1) is 0 Å². The number of fused-ring (bicyclic) bond motifs is 1. The Morgan fingerprint density at radius 3 is 2.75 bits per heavy atom. The van der Waals surface area contributed by atoms with Crippen LogP contribution in [0.4, 0.5) is 0 Å². The number of benzene rings is 1. The summed E-state index contributed by atoms with van der Waals surface area (Å²) < 4.78 is 1.90. The number of aromatic nitrogens is 2. The molecule has 0 bridgehead atoms. The fourth-order valence-electron chi connectivity index (χ4n) is 1.67. The number of aromatic carboxylic acids is 1. The molecule has 2 rings (SSSR count). The van der Waals surface area contributed by atoms with E-state index in [0.29, 0.717) is 10.5 Å². The number of carbonyl (C=O) groups is 1. The molecule has 1 heterocycles. The third-order valence-electron chi connectivity index (χ3n) is 2.43. The highest BCUT2D eigenvalue weighted by Gasteiger charge is 2.15. The quantitative estimate of drug-likeness (QED) is 0.875. The van der Waals surface area contributed by atoms with Crippen LogP contribution in [0.5, 0.6) is 0 Å². The van der Waals surface area contributed by atoms with Gasteiger partial charge in [0.1, 0.15) is 5.52 Å². The number of hydrogen-bond donors (Lipinski definition) is 1. The molecule has 4 nitrogen and oxygen atoms in total. The van der Waals surface area contributed by atoms with Crippen LogP contribution in [0.15, 0.2) is 18.5 Å². The molecule has 5 heteroatoms. The molecule has 1 aromatic carbocycles. The topological polar surface area (TPSA) is 55.1 Å². The normalized spacial score (nSPS) is 11.2. The summed E-state index contributed by atoms with van der Waals surface area (Å²) in [6.45, 7) is 4.00. The number of halogens is 1. The Morgan fingerprint density at radius 2 is 2.19 bits per heavy atom. The number of carboxylic acids is 1. The van der Waals surface area contributed by atoms with E-state index >= 15 is 0 Å². The molecule has 0 unspecified atom stereocenters. The maximum atomic E-state index is 11.0. The van der Waals surface area contributed by atoms with E-state index < -0.39 is 5.97 Å². The van der Waals surface area contributed by atoms with E-state index in [9.17, 15) is 4.79 Å². The van der Waals surface area contributed by atoms with Crippen molar-refractivity contribution in [3.63, 3.8) is 0 Å². The lowest BCUT2D eigenvalue weighted by Gasteiger charge is -2.08. The zero-order chi connectivity index (χ0) is 11.9. The molecule has 0 saturated carbocycles. The van der Waals surface area contributed by atoms with Crippen LogP contribution in [0.3, 0.4) is 0 Å². The minimum Gasteiger partial charge on any atom is -0.478 e. The maximum Gasteiger partial charge on any atom is 0.338 e. The molecule has 0 saturated heterocycles. The van der Waals surface area contributed by atoms with Gasteiger partial charge in [-0.1, -0.05) is 11.6 Å². The number of hydrogen-bond acceptors (Lipinski definition) is 2. The highest BCUT2D eigenvalue weighted by molar-refractivity contribution is 6.31. The third-order valence-corrected chi connectivity index (χ3v) is 2.65. The first-order chi connectivity index (χ1) is 7.50. The summed E-state index contributed by atoms with van der Waals surface area (Å²) in [5, 5.41) is 9.46. The second-order valence-electron chi connectivity index (χ2n) is 3.87. The monoisotopic (exact) mass is 238 g/mol. The molecule has 84 valence electrons. The first-order valence-corrected chi connectivity index (χ1v) is 5.28. The second-order valence-corrected chi connectivity index (χ2v) is 4.31. The predicted octanol–water partition coefficient (Wildman–Crippen LogP) is 2.97. The van der Waals surface area contributed by atoms with Crippen molar-refractivity contribution in [2.24, 2.45) is 0 Å². The Hall–Kier alpha value is -1.55. The highest BCUT2D eigenvalue weighted by atomic mass is 35.5. The van der Waals surface area contributed by atoms with Gasteiger partial charge in [-0.15, -0.1) is 0 Å². The van der Waals surface area contributed by atoms with E-state index in [4.69, 9.17) is 16.7 Å². The minimum absolute atomic E-state index is 0.141. The Labute approximate surface area is 97.5 Å². The van der Waals surface area contributed by atoms with Gasteiger partial charge in [0.15, 0.2) is 0 Å². The number of nitrogens with zero attached hydrogens (tertiary/aromatic N) is 2. The molecule has 0 aliphatic heterocycles. The summed E-state index contributed by atoms with van der Waals surface area (Å²) in [7, 11) is 0. The number of carboxylic acid groups (broad SMARTS) is 1. The van der Waals surface area contributed by atoms with E-state index in [1.54, 1.807) is 12.4 Å². The van der Waals surface area contributed by atoms with Gasteiger partial charge >= 0.3 is 5.97 Å². The van der Waals surface area contributed by atoms with Crippen LogP contribution in [0.25, 0.3) is 11.0 Å². The third kappa shape index (κ3) is 1.65. The molecule has 0 aliphatic carbocycles. The summed E-state index contributed by atoms with van der Waals surface area (Å²) >= 11 is 5.90. The molecule has 0 atom stereocenters. The number of imidazole rings is 1. The van der Waals surface area contributed by atoms with Crippen LogP contribution in [0.2, 0.25) is 5.02 Å². The van der Waals surface area contributed by atoms with Gasteiger partial charge in [-0.25, -0.2) is 9.78 Å². The van der Waals surface area contributed by atoms with Crippen molar-refractivity contribution >= 4 is 28.6 Å². The van der Waals surface area contributed by atoms with Crippen molar-refractivity contribution in [2.75, 3.05) is 0 Å². The van der Waals surface area contributed by atoms with Gasteiger partial charge in [0.25, 0.3) is 0 Å². The molecule has 16 heavy (non-hydrogen) atoms. The van der Waals surface area contributed by atoms with E-state index in [-0.39, 0.29) is 11.6 Å². The van der Waals surface area contributed by atoms with Crippen molar-refractivity contribution in [1.82, 2.24) is 9.55 Å². The molecule has 0 radical (unpaired) electrons. The van der Waals surface area contributed by atoms with E-state index in [1.807, 2.05) is 18.4 Å². The average molecular weight is 239 g/mol. The maximum absolute atomic E-state index is 11.0. The lowest BCUT2D eigenvalue weighted by molar-refractivity contribution is 0.0699. The van der Waals surface area contributed by atoms with Crippen LogP contribution >= 0.6 is 11.6 Å². The lowest BCUT2D eigenvalue weighted by Crippen LogP contribution is -2.00. The molecule has 0 aliphatic rings. The summed E-state index contributed by atoms with van der Waals surface area (Å²) in [5.41, 5.74) is 1.37. The van der Waals surface area contributed by atoms with Gasteiger partial charge in [-0.05, 0) is 26.0 Å². The largest absolute Gasteiger partial charge is 0.478 e. The molecule has 0 fully saturated rings. The fraction of sp³-hybridized carbons (Fsp3) is 0.273. The fourth-order valence-corrected chi connectivity index (χ4v) is 1.89. The minimum atomic E-state index is -1.01. The van der Waals surface area contributed by atoms with Gasteiger partial charge in [0.2, 0.25) is 0 Å². The molecule has 0 spiro atoms. The Bertz CT molecular complexity index is 560. The Kier molecular flexibility index (Phi) is 2.59. The van der Waals surface area contributed by atoms with Crippen molar-refractivity contribution in [1.29, 1.82) is 0 Å². The molecular weight excluding hydrogens is 228 g/mol. The average Bonchev–Trinajstić information content (AvgIpc) is 2.59. The summed E-state index contributed by atoms with van der Waals surface area (Å²) in [4.78, 5) is 15.2. The van der Waals surface area contributed by atoms with Gasteiger partial charge in [0.05, 0.1) is 17.4 Å². The van der Waals surface area contributed by atoms with Gasteiger partial charge in [0, 0.05) is 11.1 Å². The standard InChI is InChI=1S/C11H11ClN2O2/c1-6(2)14-5-13-10-8(11(15)16)3-7(12)4-9(10)14/h3-6H,1-2H3,(H,15,16). The zero-order valence-corrected chi connectivity index (χ0v) is 9.69. The van der Waals surface area contributed by atoms with Crippen molar-refractivity contribution in [3.05, 3.63) is 29.0 Å². The number of rotatable bonds is 2. The summed E-state index contributed by atoms with van der Waals surface area (Å²) in [5.74, 6) is -1.01. The van der Waals surface area contributed by atoms with Gasteiger partial charge < -0.3 is 9.67 Å². The smallest absolute Gasteiger partial charge is 0.338 e. The Morgan fingerprint density at radius 1 is 1.50 bits per heavy atom. The van der Waals surface area contributed by atoms with Crippen LogP contribution in [0.1, 0.15) is 30.2 Å². The molecule has 0 amide bonds.